The second-order valence-electron chi connectivity index (χ2n) is 7.44. The average Bonchev–Trinajstić information content (AvgIpc) is 3.30. The predicted octanol–water partition coefficient (Wildman–Crippen LogP) is 2.11. The van der Waals surface area contributed by atoms with Crippen LogP contribution in [0.4, 0.5) is 4.39 Å². The minimum Gasteiger partial charge on any atom is -0.379 e. The van der Waals surface area contributed by atoms with Gasteiger partial charge in [0.1, 0.15) is 5.82 Å². The molecule has 3 aliphatic rings. The van der Waals surface area contributed by atoms with Crippen molar-refractivity contribution in [2.75, 3.05) is 39.4 Å². The van der Waals surface area contributed by atoms with E-state index < -0.39 is 0 Å². The van der Waals surface area contributed by atoms with Crippen molar-refractivity contribution in [2.45, 2.75) is 25.3 Å². The number of ether oxygens (including phenoxy) is 1. The molecule has 4 nitrogen and oxygen atoms in total. The smallest absolute Gasteiger partial charge is 0.226 e. The zero-order valence-corrected chi connectivity index (χ0v) is 14.2. The van der Waals surface area contributed by atoms with Gasteiger partial charge in [0.25, 0.3) is 0 Å². The average molecular weight is 332 g/mol. The molecule has 0 N–H and O–H groups in total. The highest BCUT2D eigenvalue weighted by Crippen LogP contribution is 2.49. The molecule has 2 aliphatic heterocycles. The van der Waals surface area contributed by atoms with Crippen LogP contribution in [0.2, 0.25) is 0 Å². The Morgan fingerprint density at radius 3 is 2.79 bits per heavy atom. The first-order valence-electron chi connectivity index (χ1n) is 8.99. The normalized spacial score (nSPS) is 33.7. The molecule has 0 aromatic heterocycles. The third kappa shape index (κ3) is 3.07. The molecule has 1 amide bonds. The van der Waals surface area contributed by atoms with Crippen molar-refractivity contribution in [1.82, 2.24) is 9.80 Å². The van der Waals surface area contributed by atoms with Gasteiger partial charge in [0.15, 0.2) is 0 Å². The number of carbonyl (C=O) groups excluding carboxylic acids is 1. The van der Waals surface area contributed by atoms with Crippen LogP contribution in [0.15, 0.2) is 24.3 Å². The number of carbonyl (C=O) groups is 1. The fourth-order valence-corrected chi connectivity index (χ4v) is 4.32. The molecule has 0 spiro atoms. The molecule has 1 aromatic rings. The number of nitrogens with zero attached hydrogens (tertiary/aromatic N) is 2. The predicted molar refractivity (Wildman–Crippen MR) is 89.2 cm³/mol. The lowest BCUT2D eigenvalue weighted by Gasteiger charge is -2.34. The Balaban J connectivity index is 1.38. The van der Waals surface area contributed by atoms with E-state index in [1.54, 1.807) is 12.1 Å². The third-order valence-corrected chi connectivity index (χ3v) is 5.78. The van der Waals surface area contributed by atoms with Crippen molar-refractivity contribution in [3.8, 4) is 0 Å². The summed E-state index contributed by atoms with van der Waals surface area (Å²) in [6, 6.07) is 7.14. The Bertz CT molecular complexity index is 617. The van der Waals surface area contributed by atoms with Gasteiger partial charge in [-0.25, -0.2) is 4.39 Å². The van der Waals surface area contributed by atoms with E-state index in [-0.39, 0.29) is 23.6 Å². The van der Waals surface area contributed by atoms with Crippen molar-refractivity contribution < 1.29 is 13.9 Å². The Morgan fingerprint density at radius 2 is 2.04 bits per heavy atom. The first kappa shape index (κ1) is 16.0. The Labute approximate surface area is 142 Å². The zero-order valence-electron chi connectivity index (χ0n) is 14.2. The van der Waals surface area contributed by atoms with Crippen LogP contribution in [-0.4, -0.2) is 61.1 Å². The van der Waals surface area contributed by atoms with Crippen molar-refractivity contribution >= 4 is 5.91 Å². The molecular weight excluding hydrogens is 307 g/mol. The monoisotopic (exact) mass is 332 g/mol. The van der Waals surface area contributed by atoms with Gasteiger partial charge in [-0.3, -0.25) is 9.69 Å². The van der Waals surface area contributed by atoms with E-state index >= 15 is 0 Å². The van der Waals surface area contributed by atoms with Crippen LogP contribution in [0, 0.1) is 17.7 Å². The van der Waals surface area contributed by atoms with Crippen molar-refractivity contribution in [3.63, 3.8) is 0 Å². The van der Waals surface area contributed by atoms with Crippen molar-refractivity contribution in [1.29, 1.82) is 0 Å². The maximum atomic E-state index is 13.4. The van der Waals surface area contributed by atoms with Crippen LogP contribution in [-0.2, 0) is 9.53 Å². The summed E-state index contributed by atoms with van der Waals surface area (Å²) >= 11 is 0. The van der Waals surface area contributed by atoms with Crippen LogP contribution in [0.5, 0.6) is 0 Å². The van der Waals surface area contributed by atoms with Gasteiger partial charge < -0.3 is 9.64 Å². The summed E-state index contributed by atoms with van der Waals surface area (Å²) in [5.74, 6) is 0.784. The topological polar surface area (TPSA) is 32.8 Å². The summed E-state index contributed by atoms with van der Waals surface area (Å²) in [5, 5.41) is 0. The lowest BCUT2D eigenvalue weighted by Crippen LogP contribution is -2.47. The molecule has 0 radical (unpaired) electrons. The molecule has 1 saturated carbocycles. The second kappa shape index (κ2) is 6.45. The van der Waals surface area contributed by atoms with E-state index in [1.807, 2.05) is 11.0 Å². The number of amides is 1. The van der Waals surface area contributed by atoms with Gasteiger partial charge in [0.05, 0.1) is 13.2 Å². The van der Waals surface area contributed by atoms with Crippen molar-refractivity contribution in [3.05, 3.63) is 35.6 Å². The minimum atomic E-state index is -0.215. The number of hydrogen-bond acceptors (Lipinski definition) is 3. The van der Waals surface area contributed by atoms with Crippen molar-refractivity contribution in [2.24, 2.45) is 11.8 Å². The standard InChI is InChI=1S/C19H25FN2O2/c1-13-11-22(12-18(13)21-5-7-24-8-6-21)19(23)17-10-16(17)14-3-2-4-15(20)9-14/h2-4,9,13,16-18H,5-8,10-12H2,1H3/t13-,16-,17-,18+/m1/s1. The van der Waals surface area contributed by atoms with E-state index in [0.29, 0.717) is 12.0 Å². The van der Waals surface area contributed by atoms with E-state index in [9.17, 15) is 9.18 Å². The fraction of sp³-hybridized carbons (Fsp3) is 0.632. The molecule has 2 heterocycles. The number of morpholine rings is 1. The van der Waals surface area contributed by atoms with Crippen LogP contribution in [0.1, 0.15) is 24.8 Å². The molecule has 4 rings (SSSR count). The summed E-state index contributed by atoms with van der Waals surface area (Å²) in [6.07, 6.45) is 0.857. The summed E-state index contributed by atoms with van der Waals surface area (Å²) in [6.45, 7) is 7.42. The largest absolute Gasteiger partial charge is 0.379 e. The van der Waals surface area contributed by atoms with E-state index in [0.717, 1.165) is 51.4 Å². The lowest BCUT2D eigenvalue weighted by atomic mass is 10.0. The van der Waals surface area contributed by atoms with Gasteiger partial charge in [-0.15, -0.1) is 0 Å². The number of rotatable bonds is 3. The highest BCUT2D eigenvalue weighted by molar-refractivity contribution is 5.83. The Morgan fingerprint density at radius 1 is 1.25 bits per heavy atom. The van der Waals surface area contributed by atoms with Gasteiger partial charge in [-0.1, -0.05) is 19.1 Å². The maximum Gasteiger partial charge on any atom is 0.226 e. The maximum absolute atomic E-state index is 13.4. The lowest BCUT2D eigenvalue weighted by molar-refractivity contribution is -0.131. The first-order chi connectivity index (χ1) is 11.6. The molecule has 130 valence electrons. The minimum absolute atomic E-state index is 0.0439. The molecule has 3 fully saturated rings. The van der Waals surface area contributed by atoms with Crippen LogP contribution in [0.3, 0.4) is 0 Å². The summed E-state index contributed by atoms with van der Waals surface area (Å²) in [5.41, 5.74) is 0.963. The number of benzene rings is 1. The number of likely N-dealkylation sites (tertiary alicyclic amines) is 1. The van der Waals surface area contributed by atoms with E-state index in [4.69, 9.17) is 4.74 Å². The molecule has 1 aliphatic carbocycles. The Hall–Kier alpha value is -1.46. The summed E-state index contributed by atoms with van der Waals surface area (Å²) < 4.78 is 18.8. The summed E-state index contributed by atoms with van der Waals surface area (Å²) in [7, 11) is 0. The molecule has 2 saturated heterocycles. The van der Waals surface area contributed by atoms with Gasteiger partial charge in [-0.2, -0.15) is 0 Å². The second-order valence-corrected chi connectivity index (χ2v) is 7.44. The fourth-order valence-electron chi connectivity index (χ4n) is 4.32. The molecule has 24 heavy (non-hydrogen) atoms. The quantitative estimate of drug-likeness (QED) is 0.850. The number of hydrogen-bond donors (Lipinski definition) is 0. The van der Waals surface area contributed by atoms with E-state index in [1.165, 1.54) is 6.07 Å². The summed E-state index contributed by atoms with van der Waals surface area (Å²) in [4.78, 5) is 17.3. The van der Waals surface area contributed by atoms with Crippen LogP contribution < -0.4 is 0 Å². The molecule has 4 atom stereocenters. The molecular formula is C19H25FN2O2. The van der Waals surface area contributed by atoms with E-state index in [2.05, 4.69) is 11.8 Å². The molecule has 5 heteroatoms. The highest BCUT2D eigenvalue weighted by atomic mass is 19.1. The zero-order chi connectivity index (χ0) is 16.7. The molecule has 1 aromatic carbocycles. The molecule has 0 bridgehead atoms. The highest BCUT2D eigenvalue weighted by Gasteiger charge is 2.48. The first-order valence-corrected chi connectivity index (χ1v) is 8.99. The van der Waals surface area contributed by atoms with Crippen LogP contribution in [0.25, 0.3) is 0 Å². The third-order valence-electron chi connectivity index (χ3n) is 5.78. The molecule has 0 unspecified atom stereocenters. The number of halogens is 1. The Kier molecular flexibility index (Phi) is 4.31. The van der Waals surface area contributed by atoms with Gasteiger partial charge in [0, 0.05) is 38.1 Å². The van der Waals surface area contributed by atoms with Gasteiger partial charge >= 0.3 is 0 Å². The van der Waals surface area contributed by atoms with Gasteiger partial charge in [-0.05, 0) is 36.0 Å². The van der Waals surface area contributed by atoms with Crippen LogP contribution >= 0.6 is 0 Å². The SMILES string of the molecule is C[C@@H]1CN(C(=O)[C@@H]2C[C@@H]2c2cccc(F)c2)C[C@@H]1N1CCOCC1. The van der Waals surface area contributed by atoms with Gasteiger partial charge in [0.2, 0.25) is 5.91 Å².